The molecule has 2 rings (SSSR count). The number of hydrogen-bond donors (Lipinski definition) is 2. The van der Waals surface area contributed by atoms with Gasteiger partial charge in [0.05, 0.1) is 11.9 Å². The van der Waals surface area contributed by atoms with E-state index in [1.165, 1.54) is 16.7 Å². The van der Waals surface area contributed by atoms with Crippen molar-refractivity contribution in [2.24, 2.45) is 0 Å². The minimum Gasteiger partial charge on any atom is -0.340 e. The lowest BCUT2D eigenvalue weighted by molar-refractivity contribution is -0.116. The monoisotopic (exact) mass is 311 g/mol. The maximum Gasteiger partial charge on any atom is 0.224 e. The zero-order valence-corrected chi connectivity index (χ0v) is 14.4. The molecular weight excluding hydrogens is 286 g/mol. The first-order chi connectivity index (χ1) is 11.0. The molecule has 2 N–H and O–H groups in total. The van der Waals surface area contributed by atoms with Gasteiger partial charge in [0.2, 0.25) is 5.91 Å². The molecule has 122 valence electrons. The van der Waals surface area contributed by atoms with Crippen LogP contribution >= 0.6 is 0 Å². The number of carbonyl (C=O) groups excluding carboxylic acids is 1. The smallest absolute Gasteiger partial charge is 0.224 e. The van der Waals surface area contributed by atoms with Crippen LogP contribution in [0.1, 0.15) is 42.9 Å². The predicted molar refractivity (Wildman–Crippen MR) is 96.3 cm³/mol. The topological polar surface area (TPSA) is 54.0 Å². The number of anilines is 3. The SMILES string of the molecule is CCCCC(=O)Nc1ccc(Nc2c(C)cc(C)cc2C)nc1. The normalized spacial score (nSPS) is 10.4. The Balaban J connectivity index is 2.04. The maximum absolute atomic E-state index is 11.7. The Hall–Kier alpha value is -2.36. The number of nitrogens with zero attached hydrogens (tertiary/aromatic N) is 1. The Morgan fingerprint density at radius 3 is 2.39 bits per heavy atom. The van der Waals surface area contributed by atoms with E-state index in [2.05, 4.69) is 55.4 Å². The highest BCUT2D eigenvalue weighted by Crippen LogP contribution is 2.25. The van der Waals surface area contributed by atoms with Crippen molar-refractivity contribution in [2.75, 3.05) is 10.6 Å². The van der Waals surface area contributed by atoms with Gasteiger partial charge in [-0.05, 0) is 50.5 Å². The third-order valence-electron chi connectivity index (χ3n) is 3.73. The van der Waals surface area contributed by atoms with Crippen LogP contribution in [0.2, 0.25) is 0 Å². The number of benzene rings is 1. The molecule has 0 saturated carbocycles. The molecule has 0 aliphatic rings. The summed E-state index contributed by atoms with van der Waals surface area (Å²) in [7, 11) is 0. The fourth-order valence-corrected chi connectivity index (χ4v) is 2.61. The summed E-state index contributed by atoms with van der Waals surface area (Å²) in [4.78, 5) is 16.1. The second-order valence-corrected chi connectivity index (χ2v) is 5.98. The van der Waals surface area contributed by atoms with Gasteiger partial charge in [0, 0.05) is 12.1 Å². The molecule has 4 nitrogen and oxygen atoms in total. The zero-order valence-electron chi connectivity index (χ0n) is 14.4. The Morgan fingerprint density at radius 2 is 1.83 bits per heavy atom. The summed E-state index contributed by atoms with van der Waals surface area (Å²) >= 11 is 0. The predicted octanol–water partition coefficient (Wildman–Crippen LogP) is 4.88. The van der Waals surface area contributed by atoms with E-state index in [1.54, 1.807) is 6.20 Å². The Morgan fingerprint density at radius 1 is 1.13 bits per heavy atom. The van der Waals surface area contributed by atoms with Gasteiger partial charge in [-0.3, -0.25) is 4.79 Å². The molecule has 0 spiro atoms. The number of amides is 1. The van der Waals surface area contributed by atoms with Crippen molar-refractivity contribution < 1.29 is 4.79 Å². The fourth-order valence-electron chi connectivity index (χ4n) is 2.61. The van der Waals surface area contributed by atoms with Crippen LogP contribution in [0.5, 0.6) is 0 Å². The quantitative estimate of drug-likeness (QED) is 0.799. The number of aryl methyl sites for hydroxylation is 3. The molecule has 1 heterocycles. The first kappa shape index (κ1) is 17.0. The second kappa shape index (κ2) is 7.77. The van der Waals surface area contributed by atoms with Gasteiger partial charge in [0.1, 0.15) is 5.82 Å². The standard InChI is InChI=1S/C19H25N3O/c1-5-6-7-18(23)21-16-8-9-17(20-12-16)22-19-14(3)10-13(2)11-15(19)4/h8-12H,5-7H2,1-4H3,(H,20,22)(H,21,23). The first-order valence-electron chi connectivity index (χ1n) is 8.10. The summed E-state index contributed by atoms with van der Waals surface area (Å²) in [5.41, 5.74) is 5.46. The maximum atomic E-state index is 11.7. The van der Waals surface area contributed by atoms with Crippen molar-refractivity contribution in [1.29, 1.82) is 0 Å². The van der Waals surface area contributed by atoms with E-state index >= 15 is 0 Å². The van der Waals surface area contributed by atoms with Gasteiger partial charge < -0.3 is 10.6 Å². The van der Waals surface area contributed by atoms with Crippen LogP contribution in [0.15, 0.2) is 30.5 Å². The van der Waals surface area contributed by atoms with Crippen LogP contribution in [0.25, 0.3) is 0 Å². The molecule has 1 amide bonds. The zero-order chi connectivity index (χ0) is 16.8. The highest BCUT2D eigenvalue weighted by atomic mass is 16.1. The van der Waals surface area contributed by atoms with E-state index in [9.17, 15) is 4.79 Å². The van der Waals surface area contributed by atoms with Gasteiger partial charge in [-0.1, -0.05) is 31.0 Å². The van der Waals surface area contributed by atoms with Gasteiger partial charge >= 0.3 is 0 Å². The Kier molecular flexibility index (Phi) is 5.74. The summed E-state index contributed by atoms with van der Waals surface area (Å²) in [6.07, 6.45) is 4.16. The van der Waals surface area contributed by atoms with Crippen molar-refractivity contribution >= 4 is 23.1 Å². The van der Waals surface area contributed by atoms with Crippen LogP contribution in [-0.2, 0) is 4.79 Å². The number of pyridine rings is 1. The molecule has 0 unspecified atom stereocenters. The summed E-state index contributed by atoms with van der Waals surface area (Å²) < 4.78 is 0. The van der Waals surface area contributed by atoms with Crippen molar-refractivity contribution in [1.82, 2.24) is 4.98 Å². The minimum absolute atomic E-state index is 0.0413. The average molecular weight is 311 g/mol. The van der Waals surface area contributed by atoms with E-state index in [1.807, 2.05) is 12.1 Å². The number of carbonyl (C=O) groups is 1. The van der Waals surface area contributed by atoms with E-state index in [0.717, 1.165) is 30.0 Å². The molecule has 0 fully saturated rings. The molecule has 0 bridgehead atoms. The molecule has 4 heteroatoms. The second-order valence-electron chi connectivity index (χ2n) is 5.98. The number of aromatic nitrogens is 1. The van der Waals surface area contributed by atoms with Gasteiger partial charge in [0.25, 0.3) is 0 Å². The van der Waals surface area contributed by atoms with E-state index in [0.29, 0.717) is 6.42 Å². The minimum atomic E-state index is 0.0413. The van der Waals surface area contributed by atoms with Gasteiger partial charge in [0.15, 0.2) is 0 Å². The van der Waals surface area contributed by atoms with Crippen LogP contribution in [0.3, 0.4) is 0 Å². The highest BCUT2D eigenvalue weighted by Gasteiger charge is 2.06. The van der Waals surface area contributed by atoms with Crippen LogP contribution in [0, 0.1) is 20.8 Å². The Labute approximate surface area is 138 Å². The number of hydrogen-bond acceptors (Lipinski definition) is 3. The molecule has 23 heavy (non-hydrogen) atoms. The lowest BCUT2D eigenvalue weighted by Crippen LogP contribution is -2.11. The van der Waals surface area contributed by atoms with E-state index < -0.39 is 0 Å². The van der Waals surface area contributed by atoms with Crippen molar-refractivity contribution in [3.05, 3.63) is 47.2 Å². The van der Waals surface area contributed by atoms with Crippen molar-refractivity contribution in [2.45, 2.75) is 47.0 Å². The Bertz CT molecular complexity index is 655. The molecular formula is C19H25N3O. The van der Waals surface area contributed by atoms with Gasteiger partial charge in [-0.2, -0.15) is 0 Å². The molecule has 1 aromatic heterocycles. The third kappa shape index (κ3) is 4.81. The highest BCUT2D eigenvalue weighted by molar-refractivity contribution is 5.90. The van der Waals surface area contributed by atoms with E-state index in [-0.39, 0.29) is 5.91 Å². The van der Waals surface area contributed by atoms with Crippen LogP contribution in [-0.4, -0.2) is 10.9 Å². The molecule has 2 aromatic rings. The van der Waals surface area contributed by atoms with Crippen molar-refractivity contribution in [3.63, 3.8) is 0 Å². The van der Waals surface area contributed by atoms with Gasteiger partial charge in [-0.15, -0.1) is 0 Å². The lowest BCUT2D eigenvalue weighted by Gasteiger charge is -2.13. The number of unbranched alkanes of at least 4 members (excludes halogenated alkanes) is 1. The first-order valence-corrected chi connectivity index (χ1v) is 8.10. The van der Waals surface area contributed by atoms with Crippen molar-refractivity contribution in [3.8, 4) is 0 Å². The van der Waals surface area contributed by atoms with E-state index in [4.69, 9.17) is 0 Å². The molecule has 0 radical (unpaired) electrons. The fraction of sp³-hybridized carbons (Fsp3) is 0.368. The van der Waals surface area contributed by atoms with Crippen LogP contribution in [0.4, 0.5) is 17.2 Å². The summed E-state index contributed by atoms with van der Waals surface area (Å²) in [6, 6.07) is 8.06. The molecule has 0 aliphatic carbocycles. The lowest BCUT2D eigenvalue weighted by atomic mass is 10.1. The molecule has 0 aliphatic heterocycles. The number of nitrogens with one attached hydrogen (secondary N) is 2. The molecule has 0 atom stereocenters. The summed E-state index contributed by atoms with van der Waals surface area (Å²) in [6.45, 7) is 8.34. The summed E-state index contributed by atoms with van der Waals surface area (Å²) in [5.74, 6) is 0.811. The summed E-state index contributed by atoms with van der Waals surface area (Å²) in [5, 5.41) is 6.23. The molecule has 1 aromatic carbocycles. The van der Waals surface area contributed by atoms with Crippen LogP contribution < -0.4 is 10.6 Å². The van der Waals surface area contributed by atoms with Gasteiger partial charge in [-0.25, -0.2) is 4.98 Å². The molecule has 0 saturated heterocycles. The average Bonchev–Trinajstić information content (AvgIpc) is 2.50. The number of rotatable bonds is 6. The largest absolute Gasteiger partial charge is 0.340 e. The third-order valence-corrected chi connectivity index (χ3v) is 3.73.